The number of benzene rings is 1. The van der Waals surface area contributed by atoms with Gasteiger partial charge in [-0.05, 0) is 48.6 Å². The van der Waals surface area contributed by atoms with E-state index in [1.54, 1.807) is 7.11 Å². The zero-order valence-corrected chi connectivity index (χ0v) is 13.2. The number of nitrogens with one attached hydrogen (secondary N) is 1. The third kappa shape index (κ3) is 3.35. The molecule has 0 aliphatic carbocycles. The lowest BCUT2D eigenvalue weighted by Gasteiger charge is -2.17. The fourth-order valence-corrected chi connectivity index (χ4v) is 3.12. The molecule has 0 radical (unpaired) electrons. The van der Waals surface area contributed by atoms with Gasteiger partial charge in [0.1, 0.15) is 5.75 Å². The molecule has 4 nitrogen and oxygen atoms in total. The molecule has 0 aliphatic rings. The normalized spacial score (nSPS) is 12.7. The second-order valence-electron chi connectivity index (χ2n) is 5.07. The largest absolute Gasteiger partial charge is 0.497 e. The zero-order chi connectivity index (χ0) is 14.5. The van der Waals surface area contributed by atoms with Crippen LogP contribution in [0.4, 0.5) is 0 Å². The van der Waals surface area contributed by atoms with Crippen molar-refractivity contribution in [3.63, 3.8) is 0 Å². The topological polar surface area (TPSA) is 47.0 Å². The van der Waals surface area contributed by atoms with Crippen molar-refractivity contribution in [2.24, 2.45) is 0 Å². The Morgan fingerprint density at radius 2 is 2.15 bits per heavy atom. The van der Waals surface area contributed by atoms with Gasteiger partial charge < -0.3 is 10.1 Å². The Balaban J connectivity index is 2.22. The summed E-state index contributed by atoms with van der Waals surface area (Å²) in [5.74, 6) is 1.29. The van der Waals surface area contributed by atoms with Crippen LogP contribution in [0.5, 0.6) is 5.75 Å². The first-order valence-electron chi connectivity index (χ1n) is 6.78. The summed E-state index contributed by atoms with van der Waals surface area (Å²) in [7, 11) is 3.67. The highest BCUT2D eigenvalue weighted by Gasteiger charge is 2.20. The predicted molar refractivity (Wildman–Crippen MR) is 82.5 cm³/mol. The molecule has 1 heterocycles. The van der Waals surface area contributed by atoms with Crippen molar-refractivity contribution in [2.45, 2.75) is 32.2 Å². The smallest absolute Gasteiger partial charge is 0.119 e. The average Bonchev–Trinajstić information content (AvgIpc) is 2.94. The third-order valence-corrected chi connectivity index (χ3v) is 4.18. The van der Waals surface area contributed by atoms with Gasteiger partial charge in [0.15, 0.2) is 0 Å². The summed E-state index contributed by atoms with van der Waals surface area (Å²) in [5, 5.41) is 7.64. The van der Waals surface area contributed by atoms with E-state index < -0.39 is 0 Å². The van der Waals surface area contributed by atoms with E-state index in [-0.39, 0.29) is 6.04 Å². The first-order valence-corrected chi connectivity index (χ1v) is 7.55. The lowest BCUT2D eigenvalue weighted by atomic mass is 10.00. The molecule has 20 heavy (non-hydrogen) atoms. The maximum atomic E-state index is 5.28. The number of ether oxygens (including phenoxy) is 1. The van der Waals surface area contributed by atoms with Gasteiger partial charge in [0, 0.05) is 6.04 Å². The Morgan fingerprint density at radius 1 is 1.35 bits per heavy atom. The highest BCUT2D eigenvalue weighted by molar-refractivity contribution is 7.05. The molecule has 0 bridgehead atoms. The van der Waals surface area contributed by atoms with E-state index in [0.717, 1.165) is 17.9 Å². The summed E-state index contributed by atoms with van der Waals surface area (Å²) in [4.78, 5) is 1.23. The van der Waals surface area contributed by atoms with Gasteiger partial charge in [-0.1, -0.05) is 30.5 Å². The molecule has 1 N–H and O–H groups in total. The fourth-order valence-electron chi connectivity index (χ4n) is 2.21. The van der Waals surface area contributed by atoms with Crippen molar-refractivity contribution in [2.75, 3.05) is 14.2 Å². The Hall–Kier alpha value is -1.46. The van der Waals surface area contributed by atoms with Crippen LogP contribution >= 0.6 is 11.5 Å². The molecule has 1 atom stereocenters. The van der Waals surface area contributed by atoms with Gasteiger partial charge >= 0.3 is 0 Å². The third-order valence-electron chi connectivity index (χ3n) is 3.33. The van der Waals surface area contributed by atoms with E-state index >= 15 is 0 Å². The summed E-state index contributed by atoms with van der Waals surface area (Å²) in [5.41, 5.74) is 2.34. The van der Waals surface area contributed by atoms with Crippen LogP contribution in [0, 0.1) is 0 Å². The number of hydrogen-bond acceptors (Lipinski definition) is 5. The minimum Gasteiger partial charge on any atom is -0.497 e. The van der Waals surface area contributed by atoms with Gasteiger partial charge in [-0.2, -0.15) is 0 Å². The van der Waals surface area contributed by atoms with Crippen molar-refractivity contribution in [1.82, 2.24) is 14.9 Å². The van der Waals surface area contributed by atoms with Gasteiger partial charge in [-0.3, -0.25) is 0 Å². The minimum atomic E-state index is 0.236. The Labute approximate surface area is 124 Å². The van der Waals surface area contributed by atoms with Crippen LogP contribution < -0.4 is 10.1 Å². The van der Waals surface area contributed by atoms with Crippen molar-refractivity contribution in [3.05, 3.63) is 40.4 Å². The Kier molecular flexibility index (Phi) is 5.09. The molecule has 0 saturated carbocycles. The lowest BCUT2D eigenvalue weighted by molar-refractivity contribution is 0.414. The molecule has 1 unspecified atom stereocenters. The van der Waals surface area contributed by atoms with Crippen LogP contribution in [0.3, 0.4) is 0 Å². The van der Waals surface area contributed by atoms with Crippen LogP contribution in [-0.2, 0) is 6.42 Å². The molecule has 0 amide bonds. The molecule has 0 fully saturated rings. The molecular weight excluding hydrogens is 270 g/mol. The van der Waals surface area contributed by atoms with Crippen molar-refractivity contribution >= 4 is 11.5 Å². The highest BCUT2D eigenvalue weighted by atomic mass is 32.1. The van der Waals surface area contributed by atoms with Crippen LogP contribution in [0.2, 0.25) is 0 Å². The van der Waals surface area contributed by atoms with Crippen LogP contribution in [0.15, 0.2) is 24.3 Å². The van der Waals surface area contributed by atoms with E-state index in [1.165, 1.54) is 22.0 Å². The maximum Gasteiger partial charge on any atom is 0.119 e. The molecular formula is C15H21N3OS. The quantitative estimate of drug-likeness (QED) is 0.888. The molecule has 0 spiro atoms. The number of methoxy groups -OCH3 is 1. The zero-order valence-electron chi connectivity index (χ0n) is 12.4. The van der Waals surface area contributed by atoms with Crippen molar-refractivity contribution in [3.8, 4) is 5.75 Å². The standard InChI is InChI=1S/C15H21N3OS/c1-10(2)14-15(20-18-17-14)13(16-3)9-11-6-5-7-12(8-11)19-4/h5-8,10,13,16H,9H2,1-4H3. The molecule has 0 saturated heterocycles. The van der Waals surface area contributed by atoms with E-state index in [9.17, 15) is 0 Å². The molecule has 5 heteroatoms. The number of likely N-dealkylation sites (N-methyl/N-ethyl adjacent to an activating group) is 1. The van der Waals surface area contributed by atoms with Gasteiger partial charge in [-0.25, -0.2) is 0 Å². The highest BCUT2D eigenvalue weighted by Crippen LogP contribution is 2.29. The molecule has 1 aromatic carbocycles. The molecule has 108 valence electrons. The maximum absolute atomic E-state index is 5.28. The molecule has 2 aromatic rings. The van der Waals surface area contributed by atoms with E-state index in [4.69, 9.17) is 4.74 Å². The van der Waals surface area contributed by atoms with E-state index in [2.05, 4.69) is 40.9 Å². The molecule has 0 aliphatic heterocycles. The van der Waals surface area contributed by atoms with Gasteiger partial charge in [0.05, 0.1) is 17.7 Å². The van der Waals surface area contributed by atoms with Crippen LogP contribution in [0.1, 0.15) is 41.9 Å². The fraction of sp³-hybridized carbons (Fsp3) is 0.467. The molecule has 1 aromatic heterocycles. The first-order chi connectivity index (χ1) is 9.65. The monoisotopic (exact) mass is 291 g/mol. The minimum absolute atomic E-state index is 0.236. The average molecular weight is 291 g/mol. The summed E-state index contributed by atoms with van der Waals surface area (Å²) in [6.45, 7) is 4.30. The van der Waals surface area contributed by atoms with Crippen LogP contribution in [-0.4, -0.2) is 23.7 Å². The SMILES string of the molecule is CNC(Cc1cccc(OC)c1)c1snnc1C(C)C. The number of rotatable bonds is 6. The van der Waals surface area contributed by atoms with E-state index in [1.807, 2.05) is 19.2 Å². The van der Waals surface area contributed by atoms with Gasteiger partial charge in [0.2, 0.25) is 0 Å². The van der Waals surface area contributed by atoms with Crippen LogP contribution in [0.25, 0.3) is 0 Å². The summed E-state index contributed by atoms with van der Waals surface area (Å²) >= 11 is 1.48. The number of nitrogens with zero attached hydrogens (tertiary/aromatic N) is 2. The Bertz CT molecular complexity index is 554. The van der Waals surface area contributed by atoms with Gasteiger partial charge in [-0.15, -0.1) is 5.10 Å². The summed E-state index contributed by atoms with van der Waals surface area (Å²) in [6, 6.07) is 8.42. The molecule has 2 rings (SSSR count). The lowest BCUT2D eigenvalue weighted by Crippen LogP contribution is -2.19. The number of aromatic nitrogens is 2. The summed E-state index contributed by atoms with van der Waals surface area (Å²) < 4.78 is 9.39. The first kappa shape index (κ1) is 14.9. The van der Waals surface area contributed by atoms with E-state index in [0.29, 0.717) is 5.92 Å². The predicted octanol–water partition coefficient (Wildman–Crippen LogP) is 3.17. The van der Waals surface area contributed by atoms with Crippen molar-refractivity contribution < 1.29 is 4.74 Å². The van der Waals surface area contributed by atoms with Gasteiger partial charge in [0.25, 0.3) is 0 Å². The van der Waals surface area contributed by atoms with Crippen molar-refractivity contribution in [1.29, 1.82) is 0 Å². The second kappa shape index (κ2) is 6.81. The summed E-state index contributed by atoms with van der Waals surface area (Å²) in [6.07, 6.45) is 0.900. The number of hydrogen-bond donors (Lipinski definition) is 1. The second-order valence-corrected chi connectivity index (χ2v) is 5.86. The Morgan fingerprint density at radius 3 is 2.80 bits per heavy atom.